The lowest BCUT2D eigenvalue weighted by Crippen LogP contribution is -2.42. The summed E-state index contributed by atoms with van der Waals surface area (Å²) in [7, 11) is 0. The number of nitrogens with two attached hydrogens (primary N) is 1. The Labute approximate surface area is 99.2 Å². The summed E-state index contributed by atoms with van der Waals surface area (Å²) in [6.07, 6.45) is -0.492. The molecule has 5 nitrogen and oxygen atoms in total. The number of nitrogens with zero attached hydrogens (tertiary/aromatic N) is 1. The molecule has 1 fully saturated rings. The van der Waals surface area contributed by atoms with Gasteiger partial charge in [0, 0.05) is 0 Å². The zero-order chi connectivity index (χ0) is 12.4. The van der Waals surface area contributed by atoms with Gasteiger partial charge in [0.25, 0.3) is 0 Å². The Hall–Kier alpha value is -2.04. The Morgan fingerprint density at radius 3 is 2.59 bits per heavy atom. The maximum atomic E-state index is 11.6. The van der Waals surface area contributed by atoms with Gasteiger partial charge in [-0.2, -0.15) is 0 Å². The topological polar surface area (TPSA) is 72.6 Å². The Morgan fingerprint density at radius 2 is 2.06 bits per heavy atom. The minimum absolute atomic E-state index is 0.331. The van der Waals surface area contributed by atoms with Crippen LogP contribution in [0.1, 0.15) is 25.0 Å². The van der Waals surface area contributed by atoms with Crippen LogP contribution in [0.2, 0.25) is 0 Å². The van der Waals surface area contributed by atoms with E-state index in [9.17, 15) is 9.59 Å². The number of carbonyl (C=O) groups is 2. The van der Waals surface area contributed by atoms with Crippen molar-refractivity contribution < 1.29 is 14.3 Å². The van der Waals surface area contributed by atoms with Gasteiger partial charge in [-0.1, -0.05) is 37.3 Å². The number of primary amides is 1. The summed E-state index contributed by atoms with van der Waals surface area (Å²) in [5.74, 6) is 0. The van der Waals surface area contributed by atoms with Crippen molar-refractivity contribution in [2.24, 2.45) is 5.73 Å². The van der Waals surface area contributed by atoms with E-state index in [0.717, 1.165) is 10.5 Å². The van der Waals surface area contributed by atoms with Crippen LogP contribution in [-0.2, 0) is 4.74 Å². The van der Waals surface area contributed by atoms with E-state index in [1.165, 1.54) is 0 Å². The molecule has 3 amide bonds. The highest BCUT2D eigenvalue weighted by molar-refractivity contribution is 5.92. The number of urea groups is 1. The Bertz CT molecular complexity index is 433. The fraction of sp³-hybridized carbons (Fsp3) is 0.333. The minimum Gasteiger partial charge on any atom is -0.439 e. The number of cyclic esters (lactones) is 1. The van der Waals surface area contributed by atoms with Crippen molar-refractivity contribution in [2.45, 2.75) is 25.5 Å². The maximum Gasteiger partial charge on any atom is 0.419 e. The van der Waals surface area contributed by atoms with Gasteiger partial charge in [0.15, 0.2) is 0 Å². The van der Waals surface area contributed by atoms with Crippen molar-refractivity contribution in [2.75, 3.05) is 0 Å². The molecule has 2 rings (SSSR count). The van der Waals surface area contributed by atoms with Crippen LogP contribution in [0.25, 0.3) is 0 Å². The van der Waals surface area contributed by atoms with Crippen LogP contribution in [0.5, 0.6) is 0 Å². The largest absolute Gasteiger partial charge is 0.439 e. The molecule has 1 aliphatic heterocycles. The molecular formula is C12H14N2O3. The Kier molecular flexibility index (Phi) is 2.99. The quantitative estimate of drug-likeness (QED) is 0.851. The summed E-state index contributed by atoms with van der Waals surface area (Å²) in [4.78, 5) is 23.8. The first-order valence-corrected chi connectivity index (χ1v) is 5.49. The van der Waals surface area contributed by atoms with Crippen LogP contribution in [0.3, 0.4) is 0 Å². The van der Waals surface area contributed by atoms with E-state index in [4.69, 9.17) is 10.5 Å². The summed E-state index contributed by atoms with van der Waals surface area (Å²) in [5.41, 5.74) is 6.05. The Morgan fingerprint density at radius 1 is 1.41 bits per heavy atom. The molecule has 1 aromatic carbocycles. The second kappa shape index (κ2) is 4.45. The predicted octanol–water partition coefficient (Wildman–Crippen LogP) is 2.04. The molecule has 17 heavy (non-hydrogen) atoms. The molecule has 0 bridgehead atoms. The van der Waals surface area contributed by atoms with Crippen molar-refractivity contribution in [1.82, 2.24) is 4.90 Å². The lowest BCUT2D eigenvalue weighted by molar-refractivity contribution is 0.130. The van der Waals surface area contributed by atoms with Crippen molar-refractivity contribution >= 4 is 12.1 Å². The molecule has 1 aromatic rings. The van der Waals surface area contributed by atoms with Crippen LogP contribution in [0.15, 0.2) is 30.3 Å². The van der Waals surface area contributed by atoms with Gasteiger partial charge < -0.3 is 10.5 Å². The molecule has 0 saturated carbocycles. The molecule has 1 heterocycles. The summed E-state index contributed by atoms with van der Waals surface area (Å²) in [6, 6.07) is 8.25. The summed E-state index contributed by atoms with van der Waals surface area (Å²) < 4.78 is 5.21. The molecule has 5 heteroatoms. The second-order valence-corrected chi connectivity index (χ2v) is 3.90. The standard InChI is InChI=1S/C12H14N2O3/c1-2-9-10(8-6-4-3-5-7-8)17-12(16)14(9)11(13)15/h3-7,9-10H,2H2,1H3,(H2,13,15). The zero-order valence-corrected chi connectivity index (χ0v) is 9.50. The van der Waals surface area contributed by atoms with Gasteiger partial charge in [-0.05, 0) is 12.0 Å². The fourth-order valence-electron chi connectivity index (χ4n) is 2.10. The van der Waals surface area contributed by atoms with Gasteiger partial charge in [-0.15, -0.1) is 0 Å². The third-order valence-electron chi connectivity index (χ3n) is 2.89. The van der Waals surface area contributed by atoms with E-state index < -0.39 is 18.2 Å². The van der Waals surface area contributed by atoms with Crippen LogP contribution in [0.4, 0.5) is 9.59 Å². The van der Waals surface area contributed by atoms with Crippen molar-refractivity contribution in [3.8, 4) is 0 Å². The minimum atomic E-state index is -0.764. The van der Waals surface area contributed by atoms with E-state index in [1.54, 1.807) is 0 Å². The number of amides is 3. The molecular weight excluding hydrogens is 220 g/mol. The lowest BCUT2D eigenvalue weighted by Gasteiger charge is -2.20. The number of hydrogen-bond acceptors (Lipinski definition) is 3. The third-order valence-corrected chi connectivity index (χ3v) is 2.89. The number of imide groups is 1. The van der Waals surface area contributed by atoms with Crippen LogP contribution in [-0.4, -0.2) is 23.1 Å². The molecule has 0 aromatic heterocycles. The molecule has 0 spiro atoms. The molecule has 90 valence electrons. The van der Waals surface area contributed by atoms with Crippen LogP contribution in [0, 0.1) is 0 Å². The number of ether oxygens (including phenoxy) is 1. The van der Waals surface area contributed by atoms with Gasteiger partial charge in [0.2, 0.25) is 0 Å². The van der Waals surface area contributed by atoms with E-state index in [-0.39, 0.29) is 6.04 Å². The van der Waals surface area contributed by atoms with Gasteiger partial charge in [0.1, 0.15) is 6.10 Å². The monoisotopic (exact) mass is 234 g/mol. The summed E-state index contributed by atoms with van der Waals surface area (Å²) in [5, 5.41) is 0. The SMILES string of the molecule is CCC1C(c2ccccc2)OC(=O)N1C(N)=O. The lowest BCUT2D eigenvalue weighted by atomic mass is 10.0. The molecule has 2 atom stereocenters. The third kappa shape index (κ3) is 1.95. The van der Waals surface area contributed by atoms with Crippen molar-refractivity contribution in [3.05, 3.63) is 35.9 Å². The molecule has 1 saturated heterocycles. The van der Waals surface area contributed by atoms with E-state index >= 15 is 0 Å². The molecule has 0 aliphatic carbocycles. The summed E-state index contributed by atoms with van der Waals surface area (Å²) >= 11 is 0. The highest BCUT2D eigenvalue weighted by Gasteiger charge is 2.44. The van der Waals surface area contributed by atoms with Crippen molar-refractivity contribution in [3.63, 3.8) is 0 Å². The molecule has 2 unspecified atom stereocenters. The normalized spacial score (nSPS) is 23.6. The van der Waals surface area contributed by atoms with E-state index in [1.807, 2.05) is 37.3 Å². The number of hydrogen-bond donors (Lipinski definition) is 1. The van der Waals surface area contributed by atoms with Gasteiger partial charge in [-0.3, -0.25) is 0 Å². The number of carbonyl (C=O) groups excluding carboxylic acids is 2. The molecule has 2 N–H and O–H groups in total. The first-order chi connectivity index (χ1) is 8.15. The Balaban J connectivity index is 2.31. The number of rotatable bonds is 2. The highest BCUT2D eigenvalue weighted by atomic mass is 16.6. The summed E-state index contributed by atoms with van der Waals surface area (Å²) in [6.45, 7) is 1.89. The van der Waals surface area contributed by atoms with Gasteiger partial charge in [-0.25, -0.2) is 14.5 Å². The second-order valence-electron chi connectivity index (χ2n) is 3.90. The highest BCUT2D eigenvalue weighted by Crippen LogP contribution is 2.33. The fourth-order valence-corrected chi connectivity index (χ4v) is 2.10. The predicted molar refractivity (Wildman–Crippen MR) is 61.2 cm³/mol. The average molecular weight is 234 g/mol. The molecule has 1 aliphatic rings. The first kappa shape index (κ1) is 11.4. The van der Waals surface area contributed by atoms with Crippen LogP contribution < -0.4 is 5.73 Å². The zero-order valence-electron chi connectivity index (χ0n) is 9.50. The van der Waals surface area contributed by atoms with Crippen LogP contribution >= 0.6 is 0 Å². The smallest absolute Gasteiger partial charge is 0.419 e. The van der Waals surface area contributed by atoms with Crippen molar-refractivity contribution in [1.29, 1.82) is 0 Å². The van der Waals surface area contributed by atoms with E-state index in [0.29, 0.717) is 6.42 Å². The van der Waals surface area contributed by atoms with Gasteiger partial charge in [0.05, 0.1) is 6.04 Å². The van der Waals surface area contributed by atoms with E-state index in [2.05, 4.69) is 0 Å². The number of benzene rings is 1. The first-order valence-electron chi connectivity index (χ1n) is 5.49. The van der Waals surface area contributed by atoms with Gasteiger partial charge >= 0.3 is 12.1 Å². The average Bonchev–Trinajstić information content (AvgIpc) is 2.67. The molecule has 0 radical (unpaired) electrons. The maximum absolute atomic E-state index is 11.6.